The molecule has 3 nitrogen and oxygen atoms in total. The zero-order valence-corrected chi connectivity index (χ0v) is 15.0. The van der Waals surface area contributed by atoms with Crippen LogP contribution in [0.25, 0.3) is 10.2 Å². The van der Waals surface area contributed by atoms with Gasteiger partial charge in [0.15, 0.2) is 0 Å². The average Bonchev–Trinajstić information content (AvgIpc) is 3.05. The summed E-state index contributed by atoms with van der Waals surface area (Å²) in [5, 5.41) is 4.29. The molecule has 128 valence electrons. The van der Waals surface area contributed by atoms with E-state index in [1.54, 1.807) is 11.3 Å². The molecule has 25 heavy (non-hydrogen) atoms. The van der Waals surface area contributed by atoms with E-state index in [1.807, 2.05) is 42.5 Å². The fourth-order valence-corrected chi connectivity index (χ4v) is 4.55. The third-order valence-electron chi connectivity index (χ3n) is 4.88. The second-order valence-electron chi connectivity index (χ2n) is 6.72. The second-order valence-corrected chi connectivity index (χ2v) is 7.83. The number of benzene rings is 2. The monoisotopic (exact) mass is 350 g/mol. The minimum atomic E-state index is 0.0589. The number of rotatable bonds is 4. The normalized spacial score (nSPS) is 15.4. The summed E-state index contributed by atoms with van der Waals surface area (Å²) in [6.07, 6.45) is 6.64. The number of nitrogens with zero attached hydrogens (tertiary/aromatic N) is 1. The van der Waals surface area contributed by atoms with Crippen molar-refractivity contribution in [3.05, 3.63) is 64.7 Å². The Labute approximate surface area is 152 Å². The fourth-order valence-electron chi connectivity index (χ4n) is 3.56. The van der Waals surface area contributed by atoms with Crippen LogP contribution in [0.2, 0.25) is 0 Å². The Morgan fingerprint density at radius 1 is 1.04 bits per heavy atom. The second kappa shape index (κ2) is 7.36. The number of fused-ring (bicyclic) bond motifs is 1. The molecular formula is C21H22N2OS. The number of carbonyl (C=O) groups excluding carboxylic acids is 1. The van der Waals surface area contributed by atoms with Crippen LogP contribution in [0.15, 0.2) is 48.5 Å². The Bertz CT molecular complexity index is 847. The summed E-state index contributed by atoms with van der Waals surface area (Å²) in [5.74, 6) is 0.0589. The van der Waals surface area contributed by atoms with Crippen molar-refractivity contribution in [3.8, 4) is 0 Å². The summed E-state index contributed by atoms with van der Waals surface area (Å²) in [7, 11) is 0. The van der Waals surface area contributed by atoms with Crippen LogP contribution in [0.3, 0.4) is 0 Å². The molecule has 0 unspecified atom stereocenters. The molecule has 1 aliphatic rings. The molecule has 1 saturated carbocycles. The van der Waals surface area contributed by atoms with Crippen LogP contribution in [0.4, 0.5) is 0 Å². The van der Waals surface area contributed by atoms with Gasteiger partial charge in [-0.05, 0) is 36.6 Å². The summed E-state index contributed by atoms with van der Waals surface area (Å²) in [6.45, 7) is 0. The quantitative estimate of drug-likeness (QED) is 0.723. The highest BCUT2D eigenvalue weighted by Gasteiger charge is 2.19. The molecule has 3 aromatic rings. The fraction of sp³-hybridized carbons (Fsp3) is 0.333. The molecule has 0 aliphatic heterocycles. The van der Waals surface area contributed by atoms with E-state index >= 15 is 0 Å². The van der Waals surface area contributed by atoms with Gasteiger partial charge in [0.05, 0.1) is 15.2 Å². The number of amides is 1. The van der Waals surface area contributed by atoms with Gasteiger partial charge >= 0.3 is 0 Å². The van der Waals surface area contributed by atoms with Gasteiger partial charge in [0.25, 0.3) is 5.91 Å². The zero-order chi connectivity index (χ0) is 17.1. The first-order chi connectivity index (χ1) is 12.3. The Kier molecular flexibility index (Phi) is 4.79. The van der Waals surface area contributed by atoms with E-state index in [0.717, 1.165) is 34.5 Å². The number of para-hydroxylation sites is 1. The van der Waals surface area contributed by atoms with E-state index < -0.39 is 0 Å². The van der Waals surface area contributed by atoms with Crippen molar-refractivity contribution < 1.29 is 4.79 Å². The molecule has 2 aromatic carbocycles. The summed E-state index contributed by atoms with van der Waals surface area (Å²) < 4.78 is 1.20. The molecule has 0 bridgehead atoms. The molecule has 1 aliphatic carbocycles. The van der Waals surface area contributed by atoms with E-state index in [-0.39, 0.29) is 5.91 Å². The Morgan fingerprint density at radius 3 is 2.64 bits per heavy atom. The van der Waals surface area contributed by atoms with Crippen LogP contribution in [0, 0.1) is 0 Å². The van der Waals surface area contributed by atoms with Crippen molar-refractivity contribution in [1.82, 2.24) is 10.3 Å². The van der Waals surface area contributed by atoms with Gasteiger partial charge in [-0.2, -0.15) is 0 Å². The molecule has 1 aromatic heterocycles. The molecule has 1 fully saturated rings. The van der Waals surface area contributed by atoms with Crippen LogP contribution in [0.5, 0.6) is 0 Å². The van der Waals surface area contributed by atoms with Crippen molar-refractivity contribution in [2.75, 3.05) is 0 Å². The van der Waals surface area contributed by atoms with E-state index in [9.17, 15) is 4.79 Å². The minimum absolute atomic E-state index is 0.0589. The first-order valence-electron chi connectivity index (χ1n) is 9.03. The lowest BCUT2D eigenvalue weighted by atomic mass is 9.95. The van der Waals surface area contributed by atoms with Gasteiger partial charge in [0.2, 0.25) is 0 Å². The summed E-state index contributed by atoms with van der Waals surface area (Å²) in [4.78, 5) is 17.5. The van der Waals surface area contributed by atoms with Crippen molar-refractivity contribution in [2.24, 2.45) is 0 Å². The highest BCUT2D eigenvalue weighted by atomic mass is 32.1. The van der Waals surface area contributed by atoms with Crippen LogP contribution in [-0.4, -0.2) is 16.9 Å². The molecule has 0 spiro atoms. The lowest BCUT2D eigenvalue weighted by Crippen LogP contribution is -2.36. The minimum Gasteiger partial charge on any atom is -0.349 e. The molecule has 0 saturated heterocycles. The highest BCUT2D eigenvalue weighted by molar-refractivity contribution is 7.18. The van der Waals surface area contributed by atoms with Crippen LogP contribution in [-0.2, 0) is 6.42 Å². The molecular weight excluding hydrogens is 328 g/mol. The largest absolute Gasteiger partial charge is 0.349 e. The number of aromatic nitrogens is 1. The summed E-state index contributed by atoms with van der Waals surface area (Å²) in [5.41, 5.74) is 2.87. The van der Waals surface area contributed by atoms with Gasteiger partial charge < -0.3 is 5.32 Å². The predicted octanol–water partition coefficient (Wildman–Crippen LogP) is 4.95. The van der Waals surface area contributed by atoms with E-state index in [0.29, 0.717) is 12.5 Å². The molecule has 0 radical (unpaired) electrons. The number of hydrogen-bond donors (Lipinski definition) is 1. The predicted molar refractivity (Wildman–Crippen MR) is 103 cm³/mol. The van der Waals surface area contributed by atoms with Crippen molar-refractivity contribution in [2.45, 2.75) is 44.6 Å². The van der Waals surface area contributed by atoms with Crippen molar-refractivity contribution in [3.63, 3.8) is 0 Å². The summed E-state index contributed by atoms with van der Waals surface area (Å²) >= 11 is 1.71. The van der Waals surface area contributed by atoms with E-state index in [2.05, 4.69) is 11.4 Å². The van der Waals surface area contributed by atoms with Crippen LogP contribution < -0.4 is 5.32 Å². The maximum Gasteiger partial charge on any atom is 0.251 e. The van der Waals surface area contributed by atoms with E-state index in [1.165, 1.54) is 24.0 Å². The van der Waals surface area contributed by atoms with E-state index in [4.69, 9.17) is 4.98 Å². The Balaban J connectivity index is 1.54. The molecule has 1 heterocycles. The standard InChI is InChI=1S/C21H22N2OS/c24-21(22-16-9-2-1-3-10-16)17-11-5-4-8-15(17)14-20-23-18-12-6-7-13-19(18)25-20/h4-8,11-13,16H,1-3,9-10,14H2,(H,22,24). The molecule has 0 atom stereocenters. The maximum absolute atomic E-state index is 12.8. The number of carbonyl (C=O) groups is 1. The van der Waals surface area contributed by atoms with Gasteiger partial charge in [-0.15, -0.1) is 11.3 Å². The molecule has 4 rings (SSSR count). The smallest absolute Gasteiger partial charge is 0.251 e. The van der Waals surface area contributed by atoms with Crippen molar-refractivity contribution >= 4 is 27.5 Å². The highest BCUT2D eigenvalue weighted by Crippen LogP contribution is 2.25. The topological polar surface area (TPSA) is 42.0 Å². The Morgan fingerprint density at radius 2 is 1.80 bits per heavy atom. The SMILES string of the molecule is O=C(NC1CCCCC1)c1ccccc1Cc1nc2ccccc2s1. The first-order valence-corrected chi connectivity index (χ1v) is 9.84. The third kappa shape index (κ3) is 3.74. The maximum atomic E-state index is 12.8. The third-order valence-corrected chi connectivity index (χ3v) is 5.92. The molecule has 1 N–H and O–H groups in total. The lowest BCUT2D eigenvalue weighted by molar-refractivity contribution is 0.0927. The van der Waals surface area contributed by atoms with Gasteiger partial charge in [-0.1, -0.05) is 49.6 Å². The Hall–Kier alpha value is -2.20. The molecule has 1 amide bonds. The van der Waals surface area contributed by atoms with Crippen LogP contribution in [0.1, 0.15) is 53.0 Å². The zero-order valence-electron chi connectivity index (χ0n) is 14.2. The van der Waals surface area contributed by atoms with Crippen LogP contribution >= 0.6 is 11.3 Å². The van der Waals surface area contributed by atoms with Gasteiger partial charge in [0.1, 0.15) is 0 Å². The first kappa shape index (κ1) is 16.3. The number of hydrogen-bond acceptors (Lipinski definition) is 3. The number of thiazole rings is 1. The number of nitrogens with one attached hydrogen (secondary N) is 1. The average molecular weight is 350 g/mol. The van der Waals surface area contributed by atoms with Gasteiger partial charge in [0, 0.05) is 18.0 Å². The molecule has 4 heteroatoms. The summed E-state index contributed by atoms with van der Waals surface area (Å²) in [6, 6.07) is 16.4. The lowest BCUT2D eigenvalue weighted by Gasteiger charge is -2.23. The van der Waals surface area contributed by atoms with Gasteiger partial charge in [-0.3, -0.25) is 4.79 Å². The van der Waals surface area contributed by atoms with Gasteiger partial charge in [-0.25, -0.2) is 4.98 Å². The van der Waals surface area contributed by atoms with Crippen molar-refractivity contribution in [1.29, 1.82) is 0 Å².